The van der Waals surface area contributed by atoms with Gasteiger partial charge in [0.2, 0.25) is 0 Å². The highest BCUT2D eigenvalue weighted by atomic mass is 19.1. The van der Waals surface area contributed by atoms with Crippen LogP contribution in [0.25, 0.3) is 0 Å². The third-order valence-corrected chi connectivity index (χ3v) is 3.23. The van der Waals surface area contributed by atoms with Gasteiger partial charge in [-0.25, -0.2) is 9.18 Å². The Hall–Kier alpha value is -1.46. The number of esters is 1. The number of carbonyl (C=O) groups excluding carboxylic acids is 1. The van der Waals surface area contributed by atoms with Crippen molar-refractivity contribution >= 4 is 5.97 Å². The van der Waals surface area contributed by atoms with Crippen molar-refractivity contribution in [3.8, 4) is 0 Å². The molecule has 2 unspecified atom stereocenters. The first-order valence-electron chi connectivity index (χ1n) is 6.39. The van der Waals surface area contributed by atoms with E-state index in [9.17, 15) is 9.18 Å². The molecule has 1 fully saturated rings. The zero-order chi connectivity index (χ0) is 13.7. The Morgan fingerprint density at radius 1 is 1.58 bits per heavy atom. The molecule has 1 aromatic carbocycles. The lowest BCUT2D eigenvalue weighted by Crippen LogP contribution is -2.35. The lowest BCUT2D eigenvalue weighted by Gasteiger charge is -2.19. The molecule has 0 amide bonds. The van der Waals surface area contributed by atoms with E-state index < -0.39 is 17.8 Å². The highest BCUT2D eigenvalue weighted by Gasteiger charge is 2.26. The van der Waals surface area contributed by atoms with Crippen molar-refractivity contribution < 1.29 is 18.7 Å². The molecule has 1 saturated heterocycles. The third-order valence-electron chi connectivity index (χ3n) is 3.23. The zero-order valence-corrected chi connectivity index (χ0v) is 10.9. The van der Waals surface area contributed by atoms with Gasteiger partial charge in [0.25, 0.3) is 0 Å². The van der Waals surface area contributed by atoms with E-state index in [-0.39, 0.29) is 6.10 Å². The Balaban J connectivity index is 2.07. The van der Waals surface area contributed by atoms with Crippen LogP contribution in [0.3, 0.4) is 0 Å². The summed E-state index contributed by atoms with van der Waals surface area (Å²) >= 11 is 0. The van der Waals surface area contributed by atoms with Gasteiger partial charge in [-0.3, -0.25) is 5.32 Å². The molecule has 0 saturated carbocycles. The van der Waals surface area contributed by atoms with Gasteiger partial charge in [0.15, 0.2) is 0 Å². The monoisotopic (exact) mass is 267 g/mol. The normalized spacial score (nSPS) is 20.2. The van der Waals surface area contributed by atoms with E-state index >= 15 is 0 Å². The van der Waals surface area contributed by atoms with Crippen LogP contribution in [0.15, 0.2) is 24.3 Å². The summed E-state index contributed by atoms with van der Waals surface area (Å²) in [5.41, 5.74) is 0.298. The van der Waals surface area contributed by atoms with Gasteiger partial charge in [-0.15, -0.1) is 0 Å². The topological polar surface area (TPSA) is 47.6 Å². The maximum Gasteiger partial charge on any atom is 0.327 e. The minimum absolute atomic E-state index is 0.0823. The minimum Gasteiger partial charge on any atom is -0.468 e. The van der Waals surface area contributed by atoms with E-state index in [2.05, 4.69) is 5.32 Å². The summed E-state index contributed by atoms with van der Waals surface area (Å²) in [6.45, 7) is 1.25. The summed E-state index contributed by atoms with van der Waals surface area (Å²) in [7, 11) is 1.30. The number of ether oxygens (including phenoxy) is 2. The molecule has 1 heterocycles. The molecule has 19 heavy (non-hydrogen) atoms. The molecular weight excluding hydrogens is 249 g/mol. The van der Waals surface area contributed by atoms with Crippen LogP contribution in [0.4, 0.5) is 4.39 Å². The van der Waals surface area contributed by atoms with Gasteiger partial charge < -0.3 is 9.47 Å². The lowest BCUT2D eigenvalue weighted by molar-refractivity contribution is -0.143. The average Bonchev–Trinajstić information content (AvgIpc) is 2.93. The maximum absolute atomic E-state index is 13.8. The first-order valence-corrected chi connectivity index (χ1v) is 6.39. The van der Waals surface area contributed by atoms with Crippen LogP contribution in [-0.4, -0.2) is 32.3 Å². The van der Waals surface area contributed by atoms with Gasteiger partial charge in [-0.1, -0.05) is 18.2 Å². The van der Waals surface area contributed by atoms with Gasteiger partial charge in [-0.2, -0.15) is 0 Å². The quantitative estimate of drug-likeness (QED) is 0.827. The molecule has 2 atom stereocenters. The van der Waals surface area contributed by atoms with Crippen LogP contribution in [0.1, 0.15) is 24.4 Å². The molecule has 1 aliphatic rings. The molecule has 0 aliphatic carbocycles. The van der Waals surface area contributed by atoms with Gasteiger partial charge in [-0.05, 0) is 18.9 Å². The number of benzene rings is 1. The van der Waals surface area contributed by atoms with Gasteiger partial charge in [0.05, 0.1) is 13.2 Å². The number of rotatable bonds is 5. The van der Waals surface area contributed by atoms with Crippen molar-refractivity contribution in [2.24, 2.45) is 0 Å². The Morgan fingerprint density at radius 2 is 2.37 bits per heavy atom. The number of methoxy groups -OCH3 is 1. The first-order chi connectivity index (χ1) is 9.22. The molecule has 5 heteroatoms. The zero-order valence-electron chi connectivity index (χ0n) is 10.9. The fraction of sp³-hybridized carbons (Fsp3) is 0.500. The molecule has 4 nitrogen and oxygen atoms in total. The molecule has 0 bridgehead atoms. The lowest BCUT2D eigenvalue weighted by atomic mass is 10.1. The third kappa shape index (κ3) is 3.52. The number of hydrogen-bond acceptors (Lipinski definition) is 4. The molecule has 0 spiro atoms. The molecule has 1 aromatic rings. The van der Waals surface area contributed by atoms with Crippen molar-refractivity contribution in [2.75, 3.05) is 20.3 Å². The van der Waals surface area contributed by atoms with Gasteiger partial charge in [0, 0.05) is 18.7 Å². The van der Waals surface area contributed by atoms with Crippen LogP contribution in [0.2, 0.25) is 0 Å². The summed E-state index contributed by atoms with van der Waals surface area (Å²) in [5, 5.41) is 3.03. The summed E-state index contributed by atoms with van der Waals surface area (Å²) in [5.74, 6) is -0.916. The number of hydrogen-bond donors (Lipinski definition) is 1. The van der Waals surface area contributed by atoms with Crippen molar-refractivity contribution in [3.05, 3.63) is 35.6 Å². The smallest absolute Gasteiger partial charge is 0.327 e. The van der Waals surface area contributed by atoms with E-state index in [1.807, 2.05) is 0 Å². The first kappa shape index (κ1) is 14.0. The van der Waals surface area contributed by atoms with Gasteiger partial charge in [0.1, 0.15) is 11.9 Å². The van der Waals surface area contributed by atoms with Crippen LogP contribution in [-0.2, 0) is 14.3 Å². The second-order valence-electron chi connectivity index (χ2n) is 4.52. The number of carbonyl (C=O) groups is 1. The van der Waals surface area contributed by atoms with Crippen LogP contribution >= 0.6 is 0 Å². The van der Waals surface area contributed by atoms with Crippen LogP contribution < -0.4 is 5.32 Å². The predicted octanol–water partition coefficient (Wildman–Crippen LogP) is 1.81. The molecule has 2 rings (SSSR count). The Morgan fingerprint density at radius 3 is 3.00 bits per heavy atom. The minimum atomic E-state index is -0.796. The largest absolute Gasteiger partial charge is 0.468 e. The highest BCUT2D eigenvalue weighted by molar-refractivity contribution is 5.77. The van der Waals surface area contributed by atoms with E-state index in [0.29, 0.717) is 12.1 Å². The molecular formula is C14H18FNO3. The van der Waals surface area contributed by atoms with E-state index in [1.165, 1.54) is 13.2 Å². The molecule has 0 aromatic heterocycles. The van der Waals surface area contributed by atoms with E-state index in [0.717, 1.165) is 19.4 Å². The molecule has 1 aliphatic heterocycles. The fourth-order valence-corrected chi connectivity index (χ4v) is 2.20. The van der Waals surface area contributed by atoms with Crippen molar-refractivity contribution in [1.82, 2.24) is 5.32 Å². The predicted molar refractivity (Wildman–Crippen MR) is 68.1 cm³/mol. The summed E-state index contributed by atoms with van der Waals surface area (Å²) in [6, 6.07) is 5.41. The summed E-state index contributed by atoms with van der Waals surface area (Å²) in [6.07, 6.45) is 2.06. The highest BCUT2D eigenvalue weighted by Crippen LogP contribution is 2.19. The van der Waals surface area contributed by atoms with Crippen molar-refractivity contribution in [3.63, 3.8) is 0 Å². The average molecular weight is 267 g/mol. The Labute approximate surface area is 111 Å². The second kappa shape index (κ2) is 6.63. The van der Waals surface area contributed by atoms with Crippen LogP contribution in [0, 0.1) is 5.82 Å². The van der Waals surface area contributed by atoms with Crippen LogP contribution in [0.5, 0.6) is 0 Å². The second-order valence-corrected chi connectivity index (χ2v) is 4.52. The number of halogens is 1. The Bertz CT molecular complexity index is 432. The van der Waals surface area contributed by atoms with Crippen molar-refractivity contribution in [1.29, 1.82) is 0 Å². The summed E-state index contributed by atoms with van der Waals surface area (Å²) < 4.78 is 24.0. The van der Waals surface area contributed by atoms with E-state index in [1.54, 1.807) is 18.2 Å². The molecule has 0 radical (unpaired) electrons. The summed E-state index contributed by atoms with van der Waals surface area (Å²) in [4.78, 5) is 11.8. The van der Waals surface area contributed by atoms with Crippen molar-refractivity contribution in [2.45, 2.75) is 25.0 Å². The van der Waals surface area contributed by atoms with E-state index in [4.69, 9.17) is 9.47 Å². The fourth-order valence-electron chi connectivity index (χ4n) is 2.20. The maximum atomic E-state index is 13.8. The Kier molecular flexibility index (Phi) is 4.87. The standard InChI is InChI=1S/C14H18FNO3/c1-18-14(17)13(11-6-2-3-7-12(11)15)16-9-10-5-4-8-19-10/h2-3,6-7,10,13,16H,4-5,8-9H2,1H3. The van der Waals surface area contributed by atoms with Gasteiger partial charge >= 0.3 is 5.97 Å². The molecule has 1 N–H and O–H groups in total. The SMILES string of the molecule is COC(=O)C(NCC1CCCO1)c1ccccc1F. The number of nitrogens with one attached hydrogen (secondary N) is 1. The molecule has 104 valence electrons.